The zero-order chi connectivity index (χ0) is 19.3. The Bertz CT molecular complexity index is 1140. The first-order valence-corrected chi connectivity index (χ1v) is 9.43. The first-order valence-electron chi connectivity index (χ1n) is 9.43. The van der Waals surface area contributed by atoms with Crippen LogP contribution in [0.5, 0.6) is 0 Å². The molecule has 0 fully saturated rings. The molecular weight excluding hydrogens is 342 g/mol. The van der Waals surface area contributed by atoms with Gasteiger partial charge in [0.05, 0.1) is 0 Å². The Morgan fingerprint density at radius 2 is 1.89 bits per heavy atom. The minimum absolute atomic E-state index is 0.237. The lowest BCUT2D eigenvalue weighted by Crippen LogP contribution is -2.40. The molecule has 0 aliphatic carbocycles. The minimum atomic E-state index is -0.299. The molecule has 0 N–H and O–H groups in total. The Hall–Kier alpha value is -2.83. The van der Waals surface area contributed by atoms with Crippen LogP contribution in [-0.2, 0) is 20.1 Å². The fourth-order valence-corrected chi connectivity index (χ4v) is 3.76. The van der Waals surface area contributed by atoms with E-state index < -0.39 is 0 Å². The van der Waals surface area contributed by atoms with Crippen molar-refractivity contribution in [1.29, 1.82) is 0 Å². The van der Waals surface area contributed by atoms with E-state index in [1.807, 2.05) is 16.7 Å². The number of aryl methyl sites for hydroxylation is 2. The lowest BCUT2D eigenvalue weighted by atomic mass is 10.1. The Kier molecular flexibility index (Phi) is 4.17. The van der Waals surface area contributed by atoms with Crippen molar-refractivity contribution >= 4 is 22.8 Å². The van der Waals surface area contributed by atoms with E-state index in [0.29, 0.717) is 30.2 Å². The molecule has 0 saturated carbocycles. The van der Waals surface area contributed by atoms with Gasteiger partial charge in [0.2, 0.25) is 5.95 Å². The topological polar surface area (TPSA) is 65.1 Å². The third kappa shape index (κ3) is 2.69. The zero-order valence-electron chi connectivity index (χ0n) is 16.3. The molecule has 0 bridgehead atoms. The van der Waals surface area contributed by atoms with Crippen LogP contribution in [0.2, 0.25) is 0 Å². The maximum Gasteiger partial charge on any atom is 0.332 e. The molecule has 142 valence electrons. The van der Waals surface area contributed by atoms with Gasteiger partial charge in [-0.05, 0) is 30.9 Å². The van der Waals surface area contributed by atoms with Crippen molar-refractivity contribution in [2.45, 2.75) is 40.3 Å². The first-order chi connectivity index (χ1) is 12.9. The van der Waals surface area contributed by atoms with Gasteiger partial charge in [0.25, 0.3) is 5.56 Å². The Balaban J connectivity index is 1.91. The van der Waals surface area contributed by atoms with Gasteiger partial charge in [-0.15, -0.1) is 0 Å². The maximum atomic E-state index is 13.1. The molecule has 1 aliphatic rings. The van der Waals surface area contributed by atoms with Crippen LogP contribution in [0.25, 0.3) is 11.2 Å². The molecule has 4 rings (SSSR count). The maximum absolute atomic E-state index is 13.1. The van der Waals surface area contributed by atoms with E-state index in [0.717, 1.165) is 30.2 Å². The average molecular weight is 367 g/mol. The molecular formula is C20H25N5O2. The normalized spacial score (nSPS) is 13.7. The van der Waals surface area contributed by atoms with Crippen molar-refractivity contribution < 1.29 is 0 Å². The molecule has 0 spiro atoms. The SMILES string of the molecule is Cc1ccccc1N1CCn2c1nc1c2c(=O)n(CCC(C)C)c(=O)n1C. The molecule has 3 aromatic rings. The van der Waals surface area contributed by atoms with E-state index in [2.05, 4.69) is 42.8 Å². The number of nitrogens with zero attached hydrogens (tertiary/aromatic N) is 5. The lowest BCUT2D eigenvalue weighted by molar-refractivity contribution is 0.487. The van der Waals surface area contributed by atoms with Gasteiger partial charge < -0.3 is 9.47 Å². The number of benzene rings is 1. The van der Waals surface area contributed by atoms with Crippen LogP contribution in [-0.4, -0.2) is 25.2 Å². The van der Waals surface area contributed by atoms with Crippen LogP contribution in [0, 0.1) is 12.8 Å². The number of rotatable bonds is 4. The molecule has 3 heterocycles. The van der Waals surface area contributed by atoms with Gasteiger partial charge in [-0.2, -0.15) is 4.98 Å². The van der Waals surface area contributed by atoms with Gasteiger partial charge in [0.15, 0.2) is 11.2 Å². The number of anilines is 2. The largest absolute Gasteiger partial charge is 0.332 e. The van der Waals surface area contributed by atoms with Gasteiger partial charge >= 0.3 is 5.69 Å². The number of aromatic nitrogens is 4. The minimum Gasteiger partial charge on any atom is -0.310 e. The summed E-state index contributed by atoms with van der Waals surface area (Å²) < 4.78 is 4.81. The van der Waals surface area contributed by atoms with Crippen molar-refractivity contribution in [2.75, 3.05) is 11.4 Å². The molecule has 2 aromatic heterocycles. The average Bonchev–Trinajstić information content (AvgIpc) is 3.19. The van der Waals surface area contributed by atoms with Crippen LogP contribution >= 0.6 is 0 Å². The van der Waals surface area contributed by atoms with Crippen LogP contribution in [0.4, 0.5) is 11.6 Å². The molecule has 0 amide bonds. The van der Waals surface area contributed by atoms with E-state index in [1.165, 1.54) is 9.13 Å². The van der Waals surface area contributed by atoms with Crippen molar-refractivity contribution in [3.05, 3.63) is 50.7 Å². The quantitative estimate of drug-likeness (QED) is 0.710. The van der Waals surface area contributed by atoms with E-state index in [1.54, 1.807) is 7.05 Å². The highest BCUT2D eigenvalue weighted by Crippen LogP contribution is 2.33. The lowest BCUT2D eigenvalue weighted by Gasteiger charge is -2.18. The monoisotopic (exact) mass is 367 g/mol. The third-order valence-corrected chi connectivity index (χ3v) is 5.34. The van der Waals surface area contributed by atoms with Crippen molar-refractivity contribution in [1.82, 2.24) is 18.7 Å². The number of fused-ring (bicyclic) bond motifs is 3. The van der Waals surface area contributed by atoms with Crippen molar-refractivity contribution in [3.8, 4) is 0 Å². The number of hydrogen-bond donors (Lipinski definition) is 0. The number of para-hydroxylation sites is 1. The molecule has 7 nitrogen and oxygen atoms in total. The van der Waals surface area contributed by atoms with Gasteiger partial charge in [-0.25, -0.2) is 4.79 Å². The summed E-state index contributed by atoms with van der Waals surface area (Å²) in [5, 5.41) is 0. The van der Waals surface area contributed by atoms with Gasteiger partial charge in [-0.3, -0.25) is 13.9 Å². The second-order valence-corrected chi connectivity index (χ2v) is 7.65. The van der Waals surface area contributed by atoms with E-state index in [-0.39, 0.29) is 11.2 Å². The van der Waals surface area contributed by atoms with Crippen molar-refractivity contribution in [2.24, 2.45) is 13.0 Å². The Morgan fingerprint density at radius 3 is 2.59 bits per heavy atom. The highest BCUT2D eigenvalue weighted by atomic mass is 16.2. The smallest absolute Gasteiger partial charge is 0.310 e. The van der Waals surface area contributed by atoms with Gasteiger partial charge in [0, 0.05) is 32.4 Å². The van der Waals surface area contributed by atoms with Crippen LogP contribution in [0.1, 0.15) is 25.8 Å². The van der Waals surface area contributed by atoms with Gasteiger partial charge in [-0.1, -0.05) is 32.0 Å². The predicted octanol–water partition coefficient (Wildman–Crippen LogP) is 2.40. The fraction of sp³-hybridized carbons (Fsp3) is 0.450. The summed E-state index contributed by atoms with van der Waals surface area (Å²) in [6, 6.07) is 8.14. The summed E-state index contributed by atoms with van der Waals surface area (Å²) in [7, 11) is 1.69. The van der Waals surface area contributed by atoms with Gasteiger partial charge in [0.1, 0.15) is 0 Å². The first kappa shape index (κ1) is 17.6. The molecule has 27 heavy (non-hydrogen) atoms. The summed E-state index contributed by atoms with van der Waals surface area (Å²) in [6.45, 7) is 8.11. The number of hydrogen-bond acceptors (Lipinski definition) is 4. The highest BCUT2D eigenvalue weighted by molar-refractivity contribution is 5.78. The number of imidazole rings is 1. The highest BCUT2D eigenvalue weighted by Gasteiger charge is 2.29. The summed E-state index contributed by atoms with van der Waals surface area (Å²) in [5.41, 5.74) is 2.68. The molecule has 0 atom stereocenters. The van der Waals surface area contributed by atoms with Crippen LogP contribution < -0.4 is 16.1 Å². The summed E-state index contributed by atoms with van der Waals surface area (Å²) in [6.07, 6.45) is 0.789. The molecule has 1 aliphatic heterocycles. The fourth-order valence-electron chi connectivity index (χ4n) is 3.76. The zero-order valence-corrected chi connectivity index (χ0v) is 16.3. The predicted molar refractivity (Wildman–Crippen MR) is 107 cm³/mol. The van der Waals surface area contributed by atoms with Crippen molar-refractivity contribution in [3.63, 3.8) is 0 Å². The third-order valence-electron chi connectivity index (χ3n) is 5.34. The summed E-state index contributed by atoms with van der Waals surface area (Å²) in [5.74, 6) is 1.15. The van der Waals surface area contributed by atoms with Crippen LogP contribution in [0.15, 0.2) is 33.9 Å². The molecule has 0 radical (unpaired) electrons. The van der Waals surface area contributed by atoms with E-state index in [4.69, 9.17) is 0 Å². The molecule has 0 unspecified atom stereocenters. The second-order valence-electron chi connectivity index (χ2n) is 7.65. The Labute approximate surface area is 157 Å². The summed E-state index contributed by atoms with van der Waals surface area (Å²) in [4.78, 5) is 32.6. The molecule has 0 saturated heterocycles. The van der Waals surface area contributed by atoms with E-state index >= 15 is 0 Å². The van der Waals surface area contributed by atoms with E-state index in [9.17, 15) is 9.59 Å². The van der Waals surface area contributed by atoms with Crippen LogP contribution in [0.3, 0.4) is 0 Å². The summed E-state index contributed by atoms with van der Waals surface area (Å²) >= 11 is 0. The Morgan fingerprint density at radius 1 is 1.15 bits per heavy atom. The standard InChI is InChI=1S/C20H25N5O2/c1-13(2)9-10-25-18(26)16-17(22(4)20(25)27)21-19-23(11-12-24(16)19)15-8-6-5-7-14(15)3/h5-8,13H,9-12H2,1-4H3. The molecule has 7 heteroatoms. The molecule has 1 aromatic carbocycles. The second kappa shape index (κ2) is 6.40.